The van der Waals surface area contributed by atoms with E-state index in [2.05, 4.69) is 5.32 Å². The van der Waals surface area contributed by atoms with Gasteiger partial charge in [0.1, 0.15) is 0 Å². The molecule has 0 aromatic heterocycles. The number of carboxylic acid groups (broad SMARTS) is 1. The molecule has 1 atom stereocenters. The van der Waals surface area contributed by atoms with E-state index >= 15 is 0 Å². The first-order chi connectivity index (χ1) is 9.97. The van der Waals surface area contributed by atoms with Crippen molar-refractivity contribution in [2.24, 2.45) is 0 Å². The minimum Gasteiger partial charge on any atom is -0.478 e. The van der Waals surface area contributed by atoms with Crippen LogP contribution in [-0.2, 0) is 4.79 Å². The van der Waals surface area contributed by atoms with Gasteiger partial charge in [-0.05, 0) is 44.0 Å². The van der Waals surface area contributed by atoms with E-state index in [-0.39, 0.29) is 12.1 Å². The lowest BCUT2D eigenvalue weighted by Gasteiger charge is -2.23. The van der Waals surface area contributed by atoms with Crippen molar-refractivity contribution in [3.8, 4) is 0 Å². The Morgan fingerprint density at radius 2 is 2.00 bits per heavy atom. The number of carbonyl (C=O) groups is 2. The summed E-state index contributed by atoms with van der Waals surface area (Å²) in [5.41, 5.74) is 1.72. The number of nitrogens with one attached hydrogen (secondary N) is 1. The van der Waals surface area contributed by atoms with Crippen molar-refractivity contribution in [2.45, 2.75) is 26.8 Å². The van der Waals surface area contributed by atoms with E-state index in [1.165, 1.54) is 6.08 Å². The topological polar surface area (TPSA) is 69.6 Å². The Balaban J connectivity index is 2.78. The van der Waals surface area contributed by atoms with Crippen LogP contribution in [0.2, 0.25) is 0 Å². The summed E-state index contributed by atoms with van der Waals surface area (Å²) in [6, 6.07) is 7.20. The van der Waals surface area contributed by atoms with Gasteiger partial charge in [-0.3, -0.25) is 0 Å². The van der Waals surface area contributed by atoms with Gasteiger partial charge in [0.05, 0.1) is 6.04 Å². The number of hydrogen-bond donors (Lipinski definition) is 2. The van der Waals surface area contributed by atoms with E-state index in [9.17, 15) is 9.59 Å². The molecule has 0 radical (unpaired) electrons. The third-order valence-electron chi connectivity index (χ3n) is 3.22. The lowest BCUT2D eigenvalue weighted by molar-refractivity contribution is -0.131. The number of nitrogens with zero attached hydrogens (tertiary/aromatic N) is 1. The van der Waals surface area contributed by atoms with Gasteiger partial charge in [-0.25, -0.2) is 9.59 Å². The Morgan fingerprint density at radius 3 is 2.57 bits per heavy atom. The molecule has 0 saturated heterocycles. The summed E-state index contributed by atoms with van der Waals surface area (Å²) in [6.45, 7) is 7.10. The average molecular weight is 290 g/mol. The third-order valence-corrected chi connectivity index (χ3v) is 3.22. The summed E-state index contributed by atoms with van der Waals surface area (Å²) < 4.78 is 0. The highest BCUT2D eigenvalue weighted by Crippen LogP contribution is 2.15. The predicted octanol–water partition coefficient (Wildman–Crippen LogP) is 2.90. The van der Waals surface area contributed by atoms with E-state index in [4.69, 9.17) is 5.11 Å². The molecule has 0 spiro atoms. The first-order valence-electron chi connectivity index (χ1n) is 7.04. The molecule has 0 aliphatic heterocycles. The van der Waals surface area contributed by atoms with Gasteiger partial charge in [-0.1, -0.05) is 18.2 Å². The summed E-state index contributed by atoms with van der Waals surface area (Å²) in [7, 11) is 0. The lowest BCUT2D eigenvalue weighted by Crippen LogP contribution is -2.40. The van der Waals surface area contributed by atoms with Gasteiger partial charge in [0.25, 0.3) is 0 Å². The highest BCUT2D eigenvalue weighted by molar-refractivity contribution is 5.85. The molecule has 1 unspecified atom stereocenters. The fraction of sp³-hybridized carbons (Fsp3) is 0.375. The number of amides is 2. The third kappa shape index (κ3) is 5.30. The van der Waals surface area contributed by atoms with Crippen LogP contribution in [0.25, 0.3) is 6.08 Å². The molecule has 0 heterocycles. The second-order valence-corrected chi connectivity index (χ2v) is 4.69. The molecule has 0 aliphatic carbocycles. The molecule has 21 heavy (non-hydrogen) atoms. The number of rotatable bonds is 6. The Labute approximate surface area is 125 Å². The van der Waals surface area contributed by atoms with Crippen molar-refractivity contribution >= 4 is 18.1 Å². The van der Waals surface area contributed by atoms with Crippen LogP contribution in [-0.4, -0.2) is 35.1 Å². The molecule has 2 amide bonds. The van der Waals surface area contributed by atoms with E-state index in [1.54, 1.807) is 4.90 Å². The van der Waals surface area contributed by atoms with Crippen molar-refractivity contribution in [1.29, 1.82) is 0 Å². The molecule has 1 rings (SSSR count). The maximum absolute atomic E-state index is 12.0. The Bertz CT molecular complexity index is 522. The Morgan fingerprint density at radius 1 is 1.33 bits per heavy atom. The molecule has 2 N–H and O–H groups in total. The Hall–Kier alpha value is -2.30. The quantitative estimate of drug-likeness (QED) is 0.791. The maximum atomic E-state index is 12.0. The zero-order valence-corrected chi connectivity index (χ0v) is 12.7. The fourth-order valence-electron chi connectivity index (χ4n) is 1.97. The lowest BCUT2D eigenvalue weighted by atomic mass is 10.0. The van der Waals surface area contributed by atoms with Crippen molar-refractivity contribution < 1.29 is 14.7 Å². The number of aliphatic carboxylic acids is 1. The van der Waals surface area contributed by atoms with E-state index < -0.39 is 5.97 Å². The highest BCUT2D eigenvalue weighted by Gasteiger charge is 2.13. The summed E-state index contributed by atoms with van der Waals surface area (Å²) in [6.07, 6.45) is 2.63. The summed E-state index contributed by atoms with van der Waals surface area (Å²) in [4.78, 5) is 24.3. The number of urea groups is 1. The molecule has 0 aliphatic rings. The molecule has 0 bridgehead atoms. The van der Waals surface area contributed by atoms with Gasteiger partial charge >= 0.3 is 12.0 Å². The molecule has 1 aromatic carbocycles. The predicted molar refractivity (Wildman–Crippen MR) is 83.0 cm³/mol. The molecule has 5 nitrogen and oxygen atoms in total. The van der Waals surface area contributed by atoms with Gasteiger partial charge in [0.2, 0.25) is 0 Å². The molecule has 0 saturated carbocycles. The highest BCUT2D eigenvalue weighted by atomic mass is 16.4. The van der Waals surface area contributed by atoms with E-state index in [0.29, 0.717) is 13.1 Å². The van der Waals surface area contributed by atoms with E-state index in [0.717, 1.165) is 17.2 Å². The van der Waals surface area contributed by atoms with Crippen LogP contribution in [0.4, 0.5) is 4.79 Å². The normalized spacial score (nSPS) is 12.1. The summed E-state index contributed by atoms with van der Waals surface area (Å²) in [5, 5.41) is 11.6. The van der Waals surface area contributed by atoms with Gasteiger partial charge < -0.3 is 15.3 Å². The van der Waals surface area contributed by atoms with Crippen LogP contribution in [0.5, 0.6) is 0 Å². The van der Waals surface area contributed by atoms with Crippen molar-refractivity contribution in [3.63, 3.8) is 0 Å². The molecule has 1 aromatic rings. The van der Waals surface area contributed by atoms with Crippen molar-refractivity contribution in [1.82, 2.24) is 10.2 Å². The van der Waals surface area contributed by atoms with Gasteiger partial charge in [0, 0.05) is 19.2 Å². The molecular formula is C16H22N2O3. The van der Waals surface area contributed by atoms with E-state index in [1.807, 2.05) is 45.0 Å². The summed E-state index contributed by atoms with van der Waals surface area (Å²) >= 11 is 0. The summed E-state index contributed by atoms with van der Waals surface area (Å²) in [5.74, 6) is -0.983. The fourth-order valence-corrected chi connectivity index (χ4v) is 1.97. The van der Waals surface area contributed by atoms with Crippen LogP contribution in [0, 0.1) is 0 Å². The SMILES string of the molecule is CCN(CC)C(=O)NC(C)c1cccc(C=CC(=O)O)c1. The number of carbonyl (C=O) groups excluding carboxylic acids is 1. The molecule has 5 heteroatoms. The standard InChI is InChI=1S/C16H22N2O3/c1-4-18(5-2)16(21)17-12(3)14-8-6-7-13(11-14)9-10-15(19)20/h6-12H,4-5H2,1-3H3,(H,17,21)(H,19,20). The van der Waals surface area contributed by atoms with Crippen LogP contribution < -0.4 is 5.32 Å². The average Bonchev–Trinajstić information content (AvgIpc) is 2.46. The van der Waals surface area contributed by atoms with Crippen LogP contribution in [0.15, 0.2) is 30.3 Å². The molecular weight excluding hydrogens is 268 g/mol. The number of hydrogen-bond acceptors (Lipinski definition) is 2. The van der Waals surface area contributed by atoms with Crippen LogP contribution in [0.1, 0.15) is 37.9 Å². The Kier molecular flexibility index (Phi) is 6.46. The molecule has 114 valence electrons. The minimum absolute atomic E-state index is 0.0982. The number of carboxylic acids is 1. The van der Waals surface area contributed by atoms with Gasteiger partial charge in [0.15, 0.2) is 0 Å². The minimum atomic E-state index is -0.983. The monoisotopic (exact) mass is 290 g/mol. The van der Waals surface area contributed by atoms with Gasteiger partial charge in [-0.15, -0.1) is 0 Å². The number of benzene rings is 1. The first kappa shape index (κ1) is 16.8. The maximum Gasteiger partial charge on any atom is 0.328 e. The first-order valence-corrected chi connectivity index (χ1v) is 7.04. The molecule has 0 fully saturated rings. The van der Waals surface area contributed by atoms with Crippen molar-refractivity contribution in [3.05, 3.63) is 41.5 Å². The zero-order chi connectivity index (χ0) is 15.8. The zero-order valence-electron chi connectivity index (χ0n) is 12.7. The van der Waals surface area contributed by atoms with Gasteiger partial charge in [-0.2, -0.15) is 0 Å². The second kappa shape index (κ2) is 8.09. The smallest absolute Gasteiger partial charge is 0.328 e. The van der Waals surface area contributed by atoms with Crippen molar-refractivity contribution in [2.75, 3.05) is 13.1 Å². The largest absolute Gasteiger partial charge is 0.478 e. The van der Waals surface area contributed by atoms with Crippen LogP contribution >= 0.6 is 0 Å². The second-order valence-electron chi connectivity index (χ2n) is 4.69. The van der Waals surface area contributed by atoms with Crippen LogP contribution in [0.3, 0.4) is 0 Å².